The van der Waals surface area contributed by atoms with E-state index in [1.807, 2.05) is 4.57 Å². The first-order valence-corrected chi connectivity index (χ1v) is 11.3. The Balaban J connectivity index is 1.32. The van der Waals surface area contributed by atoms with Crippen LogP contribution in [-0.4, -0.2) is 50.8 Å². The second-order valence-electron chi connectivity index (χ2n) is 9.03. The van der Waals surface area contributed by atoms with Gasteiger partial charge in [-0.15, -0.1) is 0 Å². The lowest BCUT2D eigenvalue weighted by molar-refractivity contribution is -0.123. The van der Waals surface area contributed by atoms with Crippen LogP contribution in [0.2, 0.25) is 0 Å². The first kappa shape index (κ1) is 19.7. The Morgan fingerprint density at radius 1 is 1.00 bits per heavy atom. The molecule has 0 unspecified atom stereocenters. The molecule has 0 atom stereocenters. The third-order valence-electron chi connectivity index (χ3n) is 6.96. The summed E-state index contributed by atoms with van der Waals surface area (Å²) < 4.78 is 3.50. The van der Waals surface area contributed by atoms with Gasteiger partial charge in [0.1, 0.15) is 5.82 Å². The van der Waals surface area contributed by atoms with E-state index in [2.05, 4.69) is 15.3 Å². The summed E-state index contributed by atoms with van der Waals surface area (Å²) in [4.78, 5) is 27.3. The van der Waals surface area contributed by atoms with E-state index in [9.17, 15) is 9.59 Å². The topological polar surface area (TPSA) is 72.2 Å². The maximum absolute atomic E-state index is 12.6. The van der Waals surface area contributed by atoms with E-state index in [4.69, 9.17) is 0 Å². The molecule has 7 nitrogen and oxygen atoms in total. The van der Waals surface area contributed by atoms with Crippen molar-refractivity contribution in [2.24, 2.45) is 7.05 Å². The first-order chi connectivity index (χ1) is 13.6. The Morgan fingerprint density at radius 2 is 1.64 bits per heavy atom. The molecule has 2 saturated carbocycles. The van der Waals surface area contributed by atoms with Crippen molar-refractivity contribution in [3.63, 3.8) is 0 Å². The maximum atomic E-state index is 12.6. The highest BCUT2D eigenvalue weighted by Crippen LogP contribution is 2.33. The van der Waals surface area contributed by atoms with E-state index >= 15 is 0 Å². The summed E-state index contributed by atoms with van der Waals surface area (Å²) in [5, 5.41) is 7.84. The van der Waals surface area contributed by atoms with Crippen LogP contribution in [0.5, 0.6) is 0 Å². The molecule has 1 saturated heterocycles. The van der Waals surface area contributed by atoms with Crippen LogP contribution in [0.3, 0.4) is 0 Å². The molecule has 3 fully saturated rings. The third kappa shape index (κ3) is 4.34. The highest BCUT2D eigenvalue weighted by Gasteiger charge is 2.30. The summed E-state index contributed by atoms with van der Waals surface area (Å²) in [7, 11) is 1.77. The van der Waals surface area contributed by atoms with Gasteiger partial charge in [0, 0.05) is 25.0 Å². The lowest BCUT2D eigenvalue weighted by Crippen LogP contribution is -2.45. The monoisotopic (exact) mass is 389 g/mol. The van der Waals surface area contributed by atoms with Crippen molar-refractivity contribution in [2.75, 3.05) is 19.6 Å². The van der Waals surface area contributed by atoms with Crippen molar-refractivity contribution < 1.29 is 4.79 Å². The summed E-state index contributed by atoms with van der Waals surface area (Å²) in [6.07, 6.45) is 12.6. The molecule has 0 bridgehead atoms. The summed E-state index contributed by atoms with van der Waals surface area (Å²) in [6, 6.07) is 0.712. The lowest BCUT2D eigenvalue weighted by Gasteiger charge is -2.32. The number of nitrogens with zero attached hydrogens (tertiary/aromatic N) is 4. The number of hydrogen-bond donors (Lipinski definition) is 1. The van der Waals surface area contributed by atoms with Gasteiger partial charge in [0.05, 0.1) is 6.54 Å². The van der Waals surface area contributed by atoms with Crippen LogP contribution in [0, 0.1) is 0 Å². The first-order valence-electron chi connectivity index (χ1n) is 11.3. The van der Waals surface area contributed by atoms with Gasteiger partial charge >= 0.3 is 5.69 Å². The fraction of sp³-hybridized carbons (Fsp3) is 0.857. The molecule has 0 spiro atoms. The molecular weight excluding hydrogens is 354 g/mol. The lowest BCUT2D eigenvalue weighted by atomic mass is 9.95. The smallest absolute Gasteiger partial charge is 0.345 e. The molecule has 0 radical (unpaired) electrons. The Labute approximate surface area is 167 Å². The van der Waals surface area contributed by atoms with Crippen LogP contribution < -0.4 is 11.0 Å². The number of likely N-dealkylation sites (tertiary alicyclic amines) is 1. The van der Waals surface area contributed by atoms with Gasteiger partial charge in [-0.1, -0.05) is 32.1 Å². The summed E-state index contributed by atoms with van der Waals surface area (Å²) in [6.45, 7) is 2.30. The normalized spacial score (nSPS) is 23.3. The fourth-order valence-electron chi connectivity index (χ4n) is 5.36. The summed E-state index contributed by atoms with van der Waals surface area (Å²) >= 11 is 0. The minimum absolute atomic E-state index is 0.0381. The largest absolute Gasteiger partial charge is 0.352 e. The van der Waals surface area contributed by atoms with Crippen LogP contribution in [0.25, 0.3) is 0 Å². The van der Waals surface area contributed by atoms with Gasteiger partial charge in [0.15, 0.2) is 0 Å². The number of hydrogen-bond acceptors (Lipinski definition) is 4. The van der Waals surface area contributed by atoms with Crippen molar-refractivity contribution >= 4 is 5.91 Å². The van der Waals surface area contributed by atoms with Gasteiger partial charge in [0.25, 0.3) is 0 Å². The van der Waals surface area contributed by atoms with Gasteiger partial charge in [-0.25, -0.2) is 9.48 Å². The van der Waals surface area contributed by atoms with Crippen molar-refractivity contribution in [1.82, 2.24) is 24.6 Å². The average molecular weight is 390 g/mol. The third-order valence-corrected chi connectivity index (χ3v) is 6.96. The number of piperidine rings is 1. The van der Waals surface area contributed by atoms with Gasteiger partial charge < -0.3 is 5.32 Å². The predicted octanol–water partition coefficient (Wildman–Crippen LogP) is 2.33. The zero-order valence-electron chi connectivity index (χ0n) is 17.2. The van der Waals surface area contributed by atoms with Crippen LogP contribution >= 0.6 is 0 Å². The Bertz CT molecular complexity index is 720. The van der Waals surface area contributed by atoms with E-state index < -0.39 is 0 Å². The second-order valence-corrected chi connectivity index (χ2v) is 9.03. The molecule has 4 rings (SSSR count). The minimum Gasteiger partial charge on any atom is -0.352 e. The maximum Gasteiger partial charge on any atom is 0.345 e. The van der Waals surface area contributed by atoms with E-state index in [-0.39, 0.29) is 11.6 Å². The minimum atomic E-state index is 0.0381. The molecule has 2 heterocycles. The number of aromatic nitrogens is 3. The molecule has 7 heteroatoms. The number of nitrogens with one attached hydrogen (secondary N) is 1. The molecule has 0 aromatic carbocycles. The van der Waals surface area contributed by atoms with E-state index in [1.54, 1.807) is 7.05 Å². The number of amides is 1. The molecule has 156 valence electrons. The van der Waals surface area contributed by atoms with Crippen molar-refractivity contribution in [1.29, 1.82) is 0 Å². The average Bonchev–Trinajstić information content (AvgIpc) is 3.32. The summed E-state index contributed by atoms with van der Waals surface area (Å²) in [5.74, 6) is 1.48. The molecule has 1 N–H and O–H groups in total. The zero-order chi connectivity index (χ0) is 19.5. The van der Waals surface area contributed by atoms with E-state index in [0.29, 0.717) is 24.5 Å². The number of carbonyl (C=O) groups is 1. The Kier molecular flexibility index (Phi) is 6.19. The Morgan fingerprint density at radius 3 is 2.32 bits per heavy atom. The molecule has 1 amide bonds. The molecule has 1 aromatic rings. The predicted molar refractivity (Wildman–Crippen MR) is 108 cm³/mol. The highest BCUT2D eigenvalue weighted by atomic mass is 16.2. The van der Waals surface area contributed by atoms with Gasteiger partial charge in [-0.3, -0.25) is 14.3 Å². The van der Waals surface area contributed by atoms with E-state index in [1.165, 1.54) is 36.8 Å². The van der Waals surface area contributed by atoms with Gasteiger partial charge in [-0.05, 0) is 51.6 Å². The SMILES string of the molecule is Cn1nc(C2CCN(CC(=O)NC3CCCCC3)CC2)n(C2CCCC2)c1=O. The van der Waals surface area contributed by atoms with Crippen LogP contribution in [0.1, 0.15) is 88.4 Å². The summed E-state index contributed by atoms with van der Waals surface area (Å²) in [5.41, 5.74) is 0.0381. The molecular formula is C21H35N5O2. The quantitative estimate of drug-likeness (QED) is 0.839. The fourth-order valence-corrected chi connectivity index (χ4v) is 5.36. The van der Waals surface area contributed by atoms with Crippen molar-refractivity contribution in [3.05, 3.63) is 16.3 Å². The number of aryl methyl sites for hydroxylation is 1. The van der Waals surface area contributed by atoms with Crippen molar-refractivity contribution in [3.8, 4) is 0 Å². The van der Waals surface area contributed by atoms with E-state index in [0.717, 1.165) is 57.4 Å². The van der Waals surface area contributed by atoms with Crippen LogP contribution in [0.4, 0.5) is 0 Å². The van der Waals surface area contributed by atoms with Gasteiger partial charge in [-0.2, -0.15) is 5.10 Å². The molecule has 1 aromatic heterocycles. The van der Waals surface area contributed by atoms with Crippen LogP contribution in [0.15, 0.2) is 4.79 Å². The molecule has 1 aliphatic heterocycles. The van der Waals surface area contributed by atoms with Crippen LogP contribution in [-0.2, 0) is 11.8 Å². The molecule has 28 heavy (non-hydrogen) atoms. The molecule has 2 aliphatic carbocycles. The van der Waals surface area contributed by atoms with Gasteiger partial charge in [0.2, 0.25) is 5.91 Å². The second kappa shape index (κ2) is 8.80. The van der Waals surface area contributed by atoms with Crippen molar-refractivity contribution in [2.45, 2.75) is 88.6 Å². The zero-order valence-corrected chi connectivity index (χ0v) is 17.2. The molecule has 3 aliphatic rings. The number of carbonyl (C=O) groups excluding carboxylic acids is 1. The Hall–Kier alpha value is -1.63. The standard InChI is InChI=1S/C21H35N5O2/c1-24-21(28)26(18-9-5-6-10-18)20(23-24)16-11-13-25(14-12-16)15-19(27)22-17-7-3-2-4-8-17/h16-18H,2-15H2,1H3,(H,22,27). The number of rotatable bonds is 5. The highest BCUT2D eigenvalue weighted by molar-refractivity contribution is 5.78.